The Labute approximate surface area is 183 Å². The predicted molar refractivity (Wildman–Crippen MR) is 81.3 cm³/mol. The van der Waals surface area contributed by atoms with Gasteiger partial charge in [-0.15, -0.1) is 0 Å². The lowest BCUT2D eigenvalue weighted by atomic mass is 9.87. The van der Waals surface area contributed by atoms with Crippen LogP contribution < -0.4 is 0 Å². The molecule has 0 aliphatic carbocycles. The Bertz CT molecular complexity index is 859. The minimum absolute atomic E-state index is 0.302. The molecule has 0 aromatic heterocycles. The molecule has 1 atom stereocenters. The molecule has 0 saturated carbocycles. The van der Waals surface area contributed by atoms with E-state index >= 15 is 0 Å². The van der Waals surface area contributed by atoms with Gasteiger partial charge in [-0.25, -0.2) is 0 Å². The van der Waals surface area contributed by atoms with Gasteiger partial charge in [0.05, 0.1) is 6.10 Å². The van der Waals surface area contributed by atoms with Gasteiger partial charge in [-0.1, -0.05) is 30.3 Å². The summed E-state index contributed by atoms with van der Waals surface area (Å²) >= 11 is 0. The van der Waals surface area contributed by atoms with Crippen molar-refractivity contribution in [3.05, 3.63) is 35.9 Å². The Morgan fingerprint density at radius 2 is 0.857 bits per heavy atom. The highest BCUT2D eigenvalue weighted by Gasteiger charge is 2.95. The summed E-state index contributed by atoms with van der Waals surface area (Å²) in [5.41, 5.74) is -0.302. The molecule has 0 fully saturated rings. The maximum atomic E-state index is 13.8. The van der Waals surface area contributed by atoms with E-state index in [1.807, 2.05) is 0 Å². The maximum Gasteiger partial charge on any atom is 0.460 e. The molecule has 1 aromatic rings. The van der Waals surface area contributed by atoms with Crippen LogP contribution in [0.15, 0.2) is 30.3 Å². The molecule has 1 nitrogen and oxygen atoms in total. The molecule has 1 N–H and O–H groups in total. The first-order valence-corrected chi connectivity index (χ1v) is 8.68. The first-order chi connectivity index (χ1) is 15.2. The Hall–Kier alpha value is -2.01. The average molecular weight is 554 g/mol. The van der Waals surface area contributed by atoms with Crippen molar-refractivity contribution in [2.75, 3.05) is 0 Å². The first-order valence-electron chi connectivity index (χ1n) is 8.68. The zero-order chi connectivity index (χ0) is 28.1. The second-order valence-corrected chi connectivity index (χ2v) is 7.11. The molecule has 0 spiro atoms. The molecule has 0 aliphatic rings. The molecule has 35 heavy (non-hydrogen) atoms. The highest BCUT2D eigenvalue weighted by Crippen LogP contribution is 2.64. The molecule has 0 unspecified atom stereocenters. The van der Waals surface area contributed by atoms with Crippen LogP contribution in [0.1, 0.15) is 24.5 Å². The van der Waals surface area contributed by atoms with Crippen molar-refractivity contribution in [1.29, 1.82) is 0 Å². The van der Waals surface area contributed by atoms with E-state index in [-0.39, 0.29) is 5.56 Å². The molecule has 0 heterocycles. The third kappa shape index (κ3) is 4.61. The normalized spacial score (nSPS) is 16.4. The summed E-state index contributed by atoms with van der Waals surface area (Å²) in [7, 11) is 0. The van der Waals surface area contributed by atoms with Crippen LogP contribution in [0.3, 0.4) is 0 Å². The van der Waals surface area contributed by atoms with Gasteiger partial charge in [0, 0.05) is 6.42 Å². The summed E-state index contributed by atoms with van der Waals surface area (Å²) in [5, 5.41) is 9.59. The Morgan fingerprint density at radius 3 is 1.23 bits per heavy atom. The lowest BCUT2D eigenvalue weighted by Crippen LogP contribution is -2.74. The van der Waals surface area contributed by atoms with Gasteiger partial charge in [0.15, 0.2) is 0 Å². The van der Waals surface area contributed by atoms with Crippen molar-refractivity contribution in [2.24, 2.45) is 0 Å². The molecule has 1 aromatic carbocycles. The Morgan fingerprint density at radius 1 is 0.514 bits per heavy atom. The van der Waals surface area contributed by atoms with Gasteiger partial charge in [-0.05, 0) is 12.0 Å². The van der Waals surface area contributed by atoms with E-state index in [1.165, 1.54) is 18.2 Å². The minimum atomic E-state index is -8.65. The Balaban J connectivity index is 3.41. The van der Waals surface area contributed by atoms with Gasteiger partial charge in [0.2, 0.25) is 0 Å². The van der Waals surface area contributed by atoms with E-state index < -0.39 is 66.6 Å². The Kier molecular flexibility index (Phi) is 7.82. The maximum absolute atomic E-state index is 13.8. The van der Waals surface area contributed by atoms with Crippen molar-refractivity contribution in [3.63, 3.8) is 0 Å². The molecule has 0 bridgehead atoms. The fraction of sp³-hybridized carbons (Fsp3) is 0.647. The van der Waals surface area contributed by atoms with Crippen molar-refractivity contribution < 1.29 is 79.7 Å². The largest absolute Gasteiger partial charge is 0.460 e. The van der Waals surface area contributed by atoms with Crippen LogP contribution in [-0.4, -0.2) is 52.7 Å². The summed E-state index contributed by atoms with van der Waals surface area (Å²) in [6.45, 7) is 0. The number of halogens is 17. The van der Waals surface area contributed by atoms with E-state index in [2.05, 4.69) is 0 Å². The van der Waals surface area contributed by atoms with Gasteiger partial charge in [-0.3, -0.25) is 0 Å². The van der Waals surface area contributed by atoms with Crippen LogP contribution in [0.2, 0.25) is 0 Å². The van der Waals surface area contributed by atoms with Crippen LogP contribution in [0.5, 0.6) is 0 Å². The van der Waals surface area contributed by atoms with Crippen molar-refractivity contribution >= 4 is 0 Å². The number of hydrogen-bond acceptors (Lipinski definition) is 1. The van der Waals surface area contributed by atoms with Crippen LogP contribution in [0.4, 0.5) is 74.6 Å². The number of aliphatic hydroxyl groups is 1. The molecule has 0 aliphatic heterocycles. The van der Waals surface area contributed by atoms with E-state index in [0.717, 1.165) is 12.1 Å². The molecule has 204 valence electrons. The highest BCUT2D eigenvalue weighted by atomic mass is 19.4. The zero-order valence-electron chi connectivity index (χ0n) is 16.3. The molecule has 1 rings (SSSR count). The van der Waals surface area contributed by atoms with Crippen molar-refractivity contribution in [1.82, 2.24) is 0 Å². The number of alkyl halides is 17. The molecule has 0 amide bonds. The monoisotopic (exact) mass is 554 g/mol. The van der Waals surface area contributed by atoms with E-state index in [0.29, 0.717) is 0 Å². The summed E-state index contributed by atoms with van der Waals surface area (Å²) in [6, 6.07) is 5.62. The smallest absolute Gasteiger partial charge is 0.388 e. The van der Waals surface area contributed by atoms with Crippen LogP contribution >= 0.6 is 0 Å². The van der Waals surface area contributed by atoms with Crippen LogP contribution in [0.25, 0.3) is 0 Å². The second kappa shape index (κ2) is 8.83. The lowest BCUT2D eigenvalue weighted by Gasteiger charge is -2.42. The SMILES string of the molecule is O[C@H](CCC(F)(F)C(F)(F)C(F)(F)C(F)(F)C(F)(F)C(F)(F)C(F)(F)C(F)(F)F)c1ccccc1. The molecule has 18 heteroatoms. The van der Waals surface area contributed by atoms with Gasteiger partial charge in [-0.2, -0.15) is 74.6 Å². The number of hydrogen-bond donors (Lipinski definition) is 1. The summed E-state index contributed by atoms with van der Waals surface area (Å²) in [5.74, 6) is -56.5. The molecular weight excluding hydrogens is 543 g/mol. The molecule has 0 radical (unpaired) electrons. The van der Waals surface area contributed by atoms with Gasteiger partial charge in [0.1, 0.15) is 0 Å². The fourth-order valence-corrected chi connectivity index (χ4v) is 2.51. The molecular formula is C17H11F17O. The average Bonchev–Trinajstić information content (AvgIpc) is 2.70. The van der Waals surface area contributed by atoms with Gasteiger partial charge in [0.25, 0.3) is 0 Å². The summed E-state index contributed by atoms with van der Waals surface area (Å²) < 4.78 is 224. The quantitative estimate of drug-likeness (QED) is 0.297. The topological polar surface area (TPSA) is 20.2 Å². The third-order valence-corrected chi connectivity index (χ3v) is 4.70. The first kappa shape index (κ1) is 31.0. The standard InChI is InChI=1S/C17H11F17O/c18-10(19,7-6-9(35)8-4-2-1-3-5-8)11(20,21)12(22,23)13(24,25)14(26,27)15(28,29)16(30,31)17(32,33)34/h1-5,9,35H,6-7H2/t9-/m1/s1. The highest BCUT2D eigenvalue weighted by molar-refractivity contribution is 5.18. The summed E-state index contributed by atoms with van der Waals surface area (Å²) in [6.07, 6.45) is -14.2. The predicted octanol–water partition coefficient (Wildman–Crippen LogP) is 7.51. The zero-order valence-corrected chi connectivity index (χ0v) is 16.3. The second-order valence-electron chi connectivity index (χ2n) is 7.11. The van der Waals surface area contributed by atoms with Crippen LogP contribution in [-0.2, 0) is 0 Å². The van der Waals surface area contributed by atoms with Gasteiger partial charge >= 0.3 is 47.6 Å². The van der Waals surface area contributed by atoms with E-state index in [4.69, 9.17) is 0 Å². The summed E-state index contributed by atoms with van der Waals surface area (Å²) in [4.78, 5) is 0. The van der Waals surface area contributed by atoms with E-state index in [9.17, 15) is 79.7 Å². The van der Waals surface area contributed by atoms with E-state index in [1.54, 1.807) is 0 Å². The fourth-order valence-electron chi connectivity index (χ4n) is 2.51. The lowest BCUT2D eigenvalue weighted by molar-refractivity contribution is -0.461. The van der Waals surface area contributed by atoms with Crippen LogP contribution in [0, 0.1) is 0 Å². The molecule has 0 saturated heterocycles. The number of rotatable bonds is 10. The van der Waals surface area contributed by atoms with Crippen molar-refractivity contribution in [3.8, 4) is 0 Å². The number of benzene rings is 1. The number of aliphatic hydroxyl groups excluding tert-OH is 1. The van der Waals surface area contributed by atoms with Crippen molar-refractivity contribution in [2.45, 2.75) is 66.6 Å². The van der Waals surface area contributed by atoms with Gasteiger partial charge < -0.3 is 5.11 Å². The minimum Gasteiger partial charge on any atom is -0.388 e. The third-order valence-electron chi connectivity index (χ3n) is 4.70.